The number of thiocarbonyl (C=S) groups is 1. The molecule has 0 spiro atoms. The van der Waals surface area contributed by atoms with Crippen LogP contribution in [0.3, 0.4) is 0 Å². The molecule has 0 aromatic heterocycles. The van der Waals surface area contributed by atoms with E-state index in [1.165, 1.54) is 37.7 Å². The maximum absolute atomic E-state index is 5.26. The molecule has 0 aliphatic heterocycles. The Labute approximate surface area is 132 Å². The molecule has 4 heteroatoms. The van der Waals surface area contributed by atoms with Gasteiger partial charge in [-0.15, -0.1) is 0 Å². The van der Waals surface area contributed by atoms with Crippen molar-refractivity contribution >= 4 is 29.6 Å². The summed E-state index contributed by atoms with van der Waals surface area (Å²) in [6.07, 6.45) is 10.2. The van der Waals surface area contributed by atoms with Gasteiger partial charge >= 0.3 is 0 Å². The lowest BCUT2D eigenvalue weighted by molar-refractivity contribution is 0.412. The molecule has 1 fully saturated rings. The number of allylic oxidation sites excluding steroid dienone is 1. The summed E-state index contributed by atoms with van der Waals surface area (Å²) in [5, 5.41) is 8.13. The van der Waals surface area contributed by atoms with Gasteiger partial charge in [-0.25, -0.2) is 0 Å². The fourth-order valence-corrected chi connectivity index (χ4v) is 2.73. The van der Waals surface area contributed by atoms with Gasteiger partial charge in [-0.2, -0.15) is 5.10 Å². The Kier molecular flexibility index (Phi) is 6.41. The average Bonchev–Trinajstić information content (AvgIpc) is 2.49. The smallest absolute Gasteiger partial charge is 0.187 e. The third-order valence-electron chi connectivity index (χ3n) is 3.57. The second-order valence-electron chi connectivity index (χ2n) is 5.48. The molecule has 1 aliphatic carbocycles. The summed E-state index contributed by atoms with van der Waals surface area (Å²) in [5.74, 6) is 0. The lowest BCUT2D eigenvalue weighted by Crippen LogP contribution is -2.40. The fourth-order valence-electron chi connectivity index (χ4n) is 2.51. The van der Waals surface area contributed by atoms with Gasteiger partial charge in [0.25, 0.3) is 0 Å². The third-order valence-corrected chi connectivity index (χ3v) is 3.78. The highest BCUT2D eigenvalue weighted by Gasteiger charge is 2.13. The van der Waals surface area contributed by atoms with Crippen LogP contribution in [0.2, 0.25) is 0 Å². The number of hydrogen-bond acceptors (Lipinski definition) is 2. The van der Waals surface area contributed by atoms with Crippen LogP contribution in [-0.2, 0) is 0 Å². The summed E-state index contributed by atoms with van der Waals surface area (Å²) in [6.45, 7) is 2.02. The van der Waals surface area contributed by atoms with Crippen LogP contribution < -0.4 is 10.7 Å². The quantitative estimate of drug-likeness (QED) is 0.503. The molecule has 0 atom stereocenters. The Morgan fingerprint density at radius 1 is 1.19 bits per heavy atom. The first-order chi connectivity index (χ1) is 10.2. The molecule has 2 N–H and O–H groups in total. The number of hydrazone groups is 1. The highest BCUT2D eigenvalue weighted by Crippen LogP contribution is 2.17. The molecule has 2 rings (SSSR count). The Morgan fingerprint density at radius 3 is 2.62 bits per heavy atom. The van der Waals surface area contributed by atoms with Crippen LogP contribution in [-0.4, -0.2) is 17.4 Å². The van der Waals surface area contributed by atoms with Crippen molar-refractivity contribution in [3.63, 3.8) is 0 Å². The molecule has 1 saturated carbocycles. The highest BCUT2D eigenvalue weighted by molar-refractivity contribution is 7.80. The van der Waals surface area contributed by atoms with Crippen LogP contribution >= 0.6 is 12.2 Å². The van der Waals surface area contributed by atoms with E-state index in [0.717, 1.165) is 5.57 Å². The van der Waals surface area contributed by atoms with Gasteiger partial charge in [-0.05, 0) is 43.1 Å². The second-order valence-corrected chi connectivity index (χ2v) is 5.89. The van der Waals surface area contributed by atoms with E-state index in [9.17, 15) is 0 Å². The maximum Gasteiger partial charge on any atom is 0.187 e. The zero-order valence-electron chi connectivity index (χ0n) is 12.5. The first-order valence-electron chi connectivity index (χ1n) is 7.57. The molecule has 112 valence electrons. The van der Waals surface area contributed by atoms with E-state index in [0.29, 0.717) is 11.2 Å². The Bertz CT molecular complexity index is 502. The second kappa shape index (κ2) is 8.57. The van der Waals surface area contributed by atoms with Gasteiger partial charge < -0.3 is 5.32 Å². The largest absolute Gasteiger partial charge is 0.359 e. The van der Waals surface area contributed by atoms with Crippen LogP contribution in [0, 0.1) is 0 Å². The van der Waals surface area contributed by atoms with E-state index < -0.39 is 0 Å². The van der Waals surface area contributed by atoms with Crippen molar-refractivity contribution in [1.82, 2.24) is 10.7 Å². The molecule has 1 aliphatic rings. The molecular weight excluding hydrogens is 278 g/mol. The molecule has 0 unspecified atom stereocenters. The minimum atomic E-state index is 0.509. The summed E-state index contributed by atoms with van der Waals surface area (Å²) >= 11 is 5.26. The van der Waals surface area contributed by atoms with Gasteiger partial charge in [0.05, 0.1) is 6.21 Å². The molecule has 0 radical (unpaired) electrons. The van der Waals surface area contributed by atoms with Crippen molar-refractivity contribution in [3.05, 3.63) is 41.5 Å². The molecule has 1 aromatic carbocycles. The first kappa shape index (κ1) is 15.7. The standard InChI is InChI=1S/C17H23N3S/c1-14(12-15-8-4-2-5-9-15)13-18-20-17(21)19-16-10-6-3-7-11-16/h2,4-5,8-9,12-13,16H,3,6-7,10-11H2,1H3,(H2,19,20,21)/b14-12-,18-13+. The minimum absolute atomic E-state index is 0.509. The third kappa shape index (κ3) is 6.08. The number of nitrogens with zero attached hydrogens (tertiary/aromatic N) is 1. The van der Waals surface area contributed by atoms with Crippen LogP contribution in [0.5, 0.6) is 0 Å². The molecule has 0 amide bonds. The molecule has 0 heterocycles. The van der Waals surface area contributed by atoms with Crippen molar-refractivity contribution in [1.29, 1.82) is 0 Å². The summed E-state index contributed by atoms with van der Waals surface area (Å²) in [4.78, 5) is 0. The van der Waals surface area contributed by atoms with Crippen molar-refractivity contribution in [3.8, 4) is 0 Å². The lowest BCUT2D eigenvalue weighted by atomic mass is 9.96. The Hall–Kier alpha value is -1.68. The van der Waals surface area contributed by atoms with Gasteiger partial charge in [0.1, 0.15) is 0 Å². The Morgan fingerprint density at radius 2 is 1.90 bits per heavy atom. The zero-order valence-corrected chi connectivity index (χ0v) is 13.3. The molecule has 21 heavy (non-hydrogen) atoms. The molecule has 3 nitrogen and oxygen atoms in total. The fraction of sp³-hybridized carbons (Fsp3) is 0.412. The molecule has 0 saturated heterocycles. The summed E-state index contributed by atoms with van der Waals surface area (Å²) < 4.78 is 0. The number of benzene rings is 1. The van der Waals surface area contributed by atoms with Gasteiger partial charge in [-0.3, -0.25) is 5.43 Å². The van der Waals surface area contributed by atoms with Crippen LogP contribution in [0.4, 0.5) is 0 Å². The molecule has 0 bridgehead atoms. The zero-order chi connectivity index (χ0) is 14.9. The van der Waals surface area contributed by atoms with Gasteiger partial charge in [0.2, 0.25) is 0 Å². The maximum atomic E-state index is 5.26. The van der Waals surface area contributed by atoms with Crippen LogP contribution in [0.25, 0.3) is 6.08 Å². The number of nitrogens with one attached hydrogen (secondary N) is 2. The minimum Gasteiger partial charge on any atom is -0.359 e. The average molecular weight is 301 g/mol. The predicted octanol–water partition coefficient (Wildman–Crippen LogP) is 3.87. The summed E-state index contributed by atoms with van der Waals surface area (Å²) in [7, 11) is 0. The highest BCUT2D eigenvalue weighted by atomic mass is 32.1. The topological polar surface area (TPSA) is 36.4 Å². The first-order valence-corrected chi connectivity index (χ1v) is 7.98. The SMILES string of the molecule is CC(=C/c1ccccc1)/C=N/NC(=S)NC1CCCCC1. The van der Waals surface area contributed by atoms with Crippen LogP contribution in [0.15, 0.2) is 41.0 Å². The monoisotopic (exact) mass is 301 g/mol. The molecule has 1 aromatic rings. The van der Waals surface area contributed by atoms with Crippen molar-refractivity contribution in [2.75, 3.05) is 0 Å². The normalized spacial score (nSPS) is 16.9. The van der Waals surface area contributed by atoms with Gasteiger partial charge in [0, 0.05) is 6.04 Å². The predicted molar refractivity (Wildman–Crippen MR) is 94.3 cm³/mol. The number of hydrogen-bond donors (Lipinski definition) is 2. The van der Waals surface area contributed by atoms with E-state index in [1.807, 2.05) is 25.1 Å². The molecular formula is C17H23N3S. The summed E-state index contributed by atoms with van der Waals surface area (Å²) in [5.41, 5.74) is 5.14. The van der Waals surface area contributed by atoms with Crippen LogP contribution in [0.1, 0.15) is 44.6 Å². The van der Waals surface area contributed by atoms with E-state index in [4.69, 9.17) is 12.2 Å². The lowest BCUT2D eigenvalue weighted by Gasteiger charge is -2.23. The van der Waals surface area contributed by atoms with E-state index in [1.54, 1.807) is 6.21 Å². The Balaban J connectivity index is 1.76. The van der Waals surface area contributed by atoms with Gasteiger partial charge in [0.15, 0.2) is 5.11 Å². The summed E-state index contributed by atoms with van der Waals surface area (Å²) in [6, 6.07) is 10.7. The van der Waals surface area contributed by atoms with E-state index in [2.05, 4.69) is 34.1 Å². The van der Waals surface area contributed by atoms with Crippen molar-refractivity contribution in [2.45, 2.75) is 45.1 Å². The van der Waals surface area contributed by atoms with Crippen molar-refractivity contribution in [2.24, 2.45) is 5.10 Å². The van der Waals surface area contributed by atoms with E-state index >= 15 is 0 Å². The van der Waals surface area contributed by atoms with E-state index in [-0.39, 0.29) is 0 Å². The number of rotatable bonds is 4. The van der Waals surface area contributed by atoms with Crippen molar-refractivity contribution < 1.29 is 0 Å². The van der Waals surface area contributed by atoms with Gasteiger partial charge in [-0.1, -0.05) is 55.7 Å².